The van der Waals surface area contributed by atoms with E-state index in [2.05, 4.69) is 5.32 Å². The minimum Gasteiger partial charge on any atom is -0.350 e. The highest BCUT2D eigenvalue weighted by atomic mass is 16.2. The second-order valence-electron chi connectivity index (χ2n) is 6.16. The summed E-state index contributed by atoms with van der Waals surface area (Å²) < 4.78 is 0. The van der Waals surface area contributed by atoms with E-state index in [1.165, 1.54) is 4.90 Å². The zero-order valence-corrected chi connectivity index (χ0v) is 12.4. The van der Waals surface area contributed by atoms with Gasteiger partial charge in [0.25, 0.3) is 0 Å². The van der Waals surface area contributed by atoms with E-state index in [-0.39, 0.29) is 42.3 Å². The molecule has 3 N–H and O–H groups in total. The lowest BCUT2D eigenvalue weighted by molar-refractivity contribution is -0.135. The Morgan fingerprint density at radius 3 is 2.17 bits per heavy atom. The van der Waals surface area contributed by atoms with E-state index in [4.69, 9.17) is 5.73 Å². The Labute approximate surface area is 110 Å². The molecule has 0 radical (unpaired) electrons. The summed E-state index contributed by atoms with van der Waals surface area (Å²) in [6, 6.07) is -0.161. The molecule has 2 amide bonds. The number of likely N-dealkylation sites (N-methyl/N-ethyl adjacent to an activating group) is 1. The molecule has 0 saturated carbocycles. The van der Waals surface area contributed by atoms with Crippen LogP contribution in [0.5, 0.6) is 0 Å². The standard InChI is InChI=1S/C13H27N3O2/c1-9(2)10(14)7-12(18)16(6)8-11(17)15-13(3,4)5/h9-10H,7-8,14H2,1-6H3,(H,15,17). The molecular weight excluding hydrogens is 230 g/mol. The average Bonchev–Trinajstić information content (AvgIpc) is 2.13. The lowest BCUT2D eigenvalue weighted by Gasteiger charge is -2.24. The molecule has 106 valence electrons. The van der Waals surface area contributed by atoms with Crippen LogP contribution in [0.3, 0.4) is 0 Å². The molecule has 0 heterocycles. The van der Waals surface area contributed by atoms with Gasteiger partial charge in [0.1, 0.15) is 0 Å². The third-order valence-electron chi connectivity index (χ3n) is 2.59. The van der Waals surface area contributed by atoms with Gasteiger partial charge in [0.15, 0.2) is 0 Å². The van der Waals surface area contributed by atoms with Crippen molar-refractivity contribution in [3.63, 3.8) is 0 Å². The van der Waals surface area contributed by atoms with Gasteiger partial charge in [0.2, 0.25) is 11.8 Å². The molecule has 0 saturated heterocycles. The molecule has 0 spiro atoms. The smallest absolute Gasteiger partial charge is 0.240 e. The Balaban J connectivity index is 4.20. The number of hydrogen-bond donors (Lipinski definition) is 2. The number of amides is 2. The van der Waals surface area contributed by atoms with Gasteiger partial charge in [-0.3, -0.25) is 9.59 Å². The van der Waals surface area contributed by atoms with Gasteiger partial charge in [0, 0.05) is 25.0 Å². The van der Waals surface area contributed by atoms with E-state index >= 15 is 0 Å². The second kappa shape index (κ2) is 6.73. The summed E-state index contributed by atoms with van der Waals surface area (Å²) in [6.45, 7) is 9.74. The third kappa shape index (κ3) is 7.27. The molecule has 0 aliphatic heterocycles. The fourth-order valence-electron chi connectivity index (χ4n) is 1.35. The molecule has 0 fully saturated rings. The maximum absolute atomic E-state index is 11.8. The van der Waals surface area contributed by atoms with E-state index in [1.807, 2.05) is 34.6 Å². The molecule has 1 unspecified atom stereocenters. The van der Waals surface area contributed by atoms with Gasteiger partial charge in [0.05, 0.1) is 6.54 Å². The van der Waals surface area contributed by atoms with Crippen molar-refractivity contribution in [3.8, 4) is 0 Å². The van der Waals surface area contributed by atoms with Crippen molar-refractivity contribution in [3.05, 3.63) is 0 Å². The average molecular weight is 257 g/mol. The van der Waals surface area contributed by atoms with Crippen LogP contribution in [-0.4, -0.2) is 41.9 Å². The van der Waals surface area contributed by atoms with Gasteiger partial charge in [-0.15, -0.1) is 0 Å². The molecular formula is C13H27N3O2. The highest BCUT2D eigenvalue weighted by Gasteiger charge is 2.20. The Kier molecular flexibility index (Phi) is 6.32. The Morgan fingerprint density at radius 1 is 1.28 bits per heavy atom. The molecule has 0 aromatic heterocycles. The van der Waals surface area contributed by atoms with Crippen LogP contribution in [0.15, 0.2) is 0 Å². The normalized spacial score (nSPS) is 13.3. The molecule has 5 nitrogen and oxygen atoms in total. The maximum atomic E-state index is 11.8. The van der Waals surface area contributed by atoms with Crippen molar-refractivity contribution in [1.82, 2.24) is 10.2 Å². The van der Waals surface area contributed by atoms with E-state index in [0.29, 0.717) is 0 Å². The van der Waals surface area contributed by atoms with Gasteiger partial charge in [-0.05, 0) is 26.7 Å². The minimum atomic E-state index is -0.282. The van der Waals surface area contributed by atoms with Crippen LogP contribution in [-0.2, 0) is 9.59 Å². The van der Waals surface area contributed by atoms with Crippen molar-refractivity contribution in [2.24, 2.45) is 11.7 Å². The molecule has 18 heavy (non-hydrogen) atoms. The summed E-state index contributed by atoms with van der Waals surface area (Å²) in [7, 11) is 1.62. The van der Waals surface area contributed by atoms with E-state index in [1.54, 1.807) is 7.05 Å². The molecule has 1 atom stereocenters. The largest absolute Gasteiger partial charge is 0.350 e. The van der Waals surface area contributed by atoms with Crippen molar-refractivity contribution < 1.29 is 9.59 Å². The summed E-state index contributed by atoms with van der Waals surface area (Å²) in [5, 5.41) is 2.82. The van der Waals surface area contributed by atoms with Gasteiger partial charge in [-0.2, -0.15) is 0 Å². The fourth-order valence-corrected chi connectivity index (χ4v) is 1.35. The molecule has 0 aromatic rings. The van der Waals surface area contributed by atoms with Gasteiger partial charge < -0.3 is 16.0 Å². The molecule has 0 rings (SSSR count). The lowest BCUT2D eigenvalue weighted by Crippen LogP contribution is -2.47. The topological polar surface area (TPSA) is 75.4 Å². The van der Waals surface area contributed by atoms with Crippen LogP contribution in [0, 0.1) is 5.92 Å². The summed E-state index contributed by atoms with van der Waals surface area (Å²) >= 11 is 0. The van der Waals surface area contributed by atoms with Crippen LogP contribution in [0.25, 0.3) is 0 Å². The van der Waals surface area contributed by atoms with Crippen molar-refractivity contribution in [1.29, 1.82) is 0 Å². The number of nitrogens with zero attached hydrogens (tertiary/aromatic N) is 1. The number of hydrogen-bond acceptors (Lipinski definition) is 3. The third-order valence-corrected chi connectivity index (χ3v) is 2.59. The van der Waals surface area contributed by atoms with E-state index < -0.39 is 0 Å². The van der Waals surface area contributed by atoms with Gasteiger partial charge in [-0.25, -0.2) is 0 Å². The highest BCUT2D eigenvalue weighted by molar-refractivity contribution is 5.85. The second-order valence-corrected chi connectivity index (χ2v) is 6.16. The Morgan fingerprint density at radius 2 is 1.78 bits per heavy atom. The first-order chi connectivity index (χ1) is 8.03. The van der Waals surface area contributed by atoms with Crippen molar-refractivity contribution >= 4 is 11.8 Å². The van der Waals surface area contributed by atoms with Crippen LogP contribution < -0.4 is 11.1 Å². The predicted molar refractivity (Wildman–Crippen MR) is 73.0 cm³/mol. The predicted octanol–water partition coefficient (Wildman–Crippen LogP) is 0.733. The first kappa shape index (κ1) is 16.9. The number of nitrogens with two attached hydrogens (primary N) is 1. The number of carbonyl (C=O) groups is 2. The number of rotatable bonds is 5. The van der Waals surface area contributed by atoms with Crippen LogP contribution in [0.2, 0.25) is 0 Å². The van der Waals surface area contributed by atoms with Crippen molar-refractivity contribution in [2.75, 3.05) is 13.6 Å². The zero-order chi connectivity index (χ0) is 14.5. The number of nitrogens with one attached hydrogen (secondary N) is 1. The molecule has 0 aromatic carbocycles. The lowest BCUT2D eigenvalue weighted by atomic mass is 10.0. The molecule has 5 heteroatoms. The summed E-state index contributed by atoms with van der Waals surface area (Å²) in [5.41, 5.74) is 5.56. The molecule has 0 bridgehead atoms. The monoisotopic (exact) mass is 257 g/mol. The molecule has 0 aliphatic carbocycles. The van der Waals surface area contributed by atoms with Crippen LogP contribution >= 0.6 is 0 Å². The Bertz CT molecular complexity index is 295. The SMILES string of the molecule is CC(C)C(N)CC(=O)N(C)CC(=O)NC(C)(C)C. The maximum Gasteiger partial charge on any atom is 0.240 e. The quantitative estimate of drug-likeness (QED) is 0.762. The van der Waals surface area contributed by atoms with Crippen molar-refractivity contribution in [2.45, 2.75) is 52.6 Å². The zero-order valence-electron chi connectivity index (χ0n) is 12.4. The molecule has 0 aliphatic rings. The van der Waals surface area contributed by atoms with E-state index in [9.17, 15) is 9.59 Å². The summed E-state index contributed by atoms with van der Waals surface area (Å²) in [6.07, 6.45) is 0.275. The van der Waals surface area contributed by atoms with Crippen LogP contribution in [0.1, 0.15) is 41.0 Å². The highest BCUT2D eigenvalue weighted by Crippen LogP contribution is 2.05. The summed E-state index contributed by atoms with van der Waals surface area (Å²) in [5.74, 6) is 0.00230. The van der Waals surface area contributed by atoms with E-state index in [0.717, 1.165) is 0 Å². The van der Waals surface area contributed by atoms with Crippen LogP contribution in [0.4, 0.5) is 0 Å². The minimum absolute atomic E-state index is 0.0704. The van der Waals surface area contributed by atoms with Gasteiger partial charge in [-0.1, -0.05) is 13.8 Å². The number of carbonyl (C=O) groups excluding carboxylic acids is 2. The Hall–Kier alpha value is -1.10. The first-order valence-corrected chi connectivity index (χ1v) is 6.33. The summed E-state index contributed by atoms with van der Waals surface area (Å²) in [4.78, 5) is 24.9. The van der Waals surface area contributed by atoms with Gasteiger partial charge >= 0.3 is 0 Å². The fraction of sp³-hybridized carbons (Fsp3) is 0.846. The first-order valence-electron chi connectivity index (χ1n) is 6.33.